The smallest absolute Gasteiger partial charge is 0.335 e. The summed E-state index contributed by atoms with van der Waals surface area (Å²) < 4.78 is 5.13. The number of hydrogen-bond donors (Lipinski definition) is 2. The normalized spacial score (nSPS) is 10.1. The first-order valence-electron chi connectivity index (χ1n) is 6.45. The number of carboxylic acid groups (broad SMARTS) is 1. The second-order valence-electron chi connectivity index (χ2n) is 4.53. The maximum absolute atomic E-state index is 12.2. The quantitative estimate of drug-likeness (QED) is 0.888. The molecule has 0 radical (unpaired) electrons. The summed E-state index contributed by atoms with van der Waals surface area (Å²) in [6.07, 6.45) is 0. The lowest BCUT2D eigenvalue weighted by Gasteiger charge is -2.10. The van der Waals surface area contributed by atoms with Gasteiger partial charge in [0.2, 0.25) is 0 Å². The highest BCUT2D eigenvalue weighted by Crippen LogP contribution is 2.23. The zero-order chi connectivity index (χ0) is 16.1. The van der Waals surface area contributed by atoms with E-state index in [1.165, 1.54) is 19.2 Å². The van der Waals surface area contributed by atoms with Crippen molar-refractivity contribution in [2.75, 3.05) is 7.11 Å². The topological polar surface area (TPSA) is 75.6 Å². The van der Waals surface area contributed by atoms with E-state index in [4.69, 9.17) is 21.4 Å². The molecule has 0 fully saturated rings. The molecule has 0 aliphatic carbocycles. The minimum atomic E-state index is -0.985. The van der Waals surface area contributed by atoms with Gasteiger partial charge in [-0.3, -0.25) is 4.79 Å². The highest BCUT2D eigenvalue weighted by Gasteiger charge is 2.12. The fourth-order valence-electron chi connectivity index (χ4n) is 1.90. The van der Waals surface area contributed by atoms with Gasteiger partial charge in [0.25, 0.3) is 5.91 Å². The summed E-state index contributed by atoms with van der Waals surface area (Å²) in [5.74, 6) is -0.886. The van der Waals surface area contributed by atoms with Crippen molar-refractivity contribution in [2.45, 2.75) is 6.54 Å². The first-order valence-corrected chi connectivity index (χ1v) is 6.83. The van der Waals surface area contributed by atoms with Gasteiger partial charge in [-0.15, -0.1) is 0 Å². The Labute approximate surface area is 132 Å². The standard InChI is InChI=1S/C16H14ClNO4/c1-22-14-8-12(17)6-7-13(14)15(19)18-9-10-2-4-11(5-3-10)16(20)21/h2-8H,9H2,1H3,(H,18,19)(H,20,21). The molecule has 5 nitrogen and oxygen atoms in total. The van der Waals surface area contributed by atoms with E-state index < -0.39 is 5.97 Å². The Morgan fingerprint density at radius 1 is 1.18 bits per heavy atom. The number of ether oxygens (including phenoxy) is 1. The number of aromatic carboxylic acids is 1. The van der Waals surface area contributed by atoms with Gasteiger partial charge in [0.05, 0.1) is 18.2 Å². The monoisotopic (exact) mass is 319 g/mol. The summed E-state index contributed by atoms with van der Waals surface area (Å²) in [5.41, 5.74) is 1.38. The second-order valence-corrected chi connectivity index (χ2v) is 4.97. The summed E-state index contributed by atoms with van der Waals surface area (Å²) in [6, 6.07) is 11.1. The van der Waals surface area contributed by atoms with Crippen LogP contribution in [0.1, 0.15) is 26.3 Å². The number of halogens is 1. The number of methoxy groups -OCH3 is 1. The Morgan fingerprint density at radius 2 is 1.86 bits per heavy atom. The average Bonchev–Trinajstić information content (AvgIpc) is 2.52. The third-order valence-electron chi connectivity index (χ3n) is 3.06. The van der Waals surface area contributed by atoms with Gasteiger partial charge in [-0.1, -0.05) is 23.7 Å². The lowest BCUT2D eigenvalue weighted by Crippen LogP contribution is -2.23. The highest BCUT2D eigenvalue weighted by molar-refractivity contribution is 6.30. The van der Waals surface area contributed by atoms with Gasteiger partial charge in [0.1, 0.15) is 5.75 Å². The predicted octanol–water partition coefficient (Wildman–Crippen LogP) is 2.98. The van der Waals surface area contributed by atoms with Crippen molar-refractivity contribution in [3.05, 3.63) is 64.2 Å². The van der Waals surface area contributed by atoms with Crippen LogP contribution in [0.4, 0.5) is 0 Å². The van der Waals surface area contributed by atoms with Crippen molar-refractivity contribution >= 4 is 23.5 Å². The summed E-state index contributed by atoms with van der Waals surface area (Å²) in [5, 5.41) is 12.1. The van der Waals surface area contributed by atoms with Crippen molar-refractivity contribution in [3.63, 3.8) is 0 Å². The van der Waals surface area contributed by atoms with Crippen LogP contribution in [0.2, 0.25) is 5.02 Å². The number of carbonyl (C=O) groups is 2. The third-order valence-corrected chi connectivity index (χ3v) is 3.30. The number of rotatable bonds is 5. The van der Waals surface area contributed by atoms with E-state index in [1.54, 1.807) is 30.3 Å². The molecule has 0 bridgehead atoms. The van der Waals surface area contributed by atoms with Gasteiger partial charge >= 0.3 is 5.97 Å². The molecule has 2 aromatic rings. The molecule has 6 heteroatoms. The average molecular weight is 320 g/mol. The zero-order valence-electron chi connectivity index (χ0n) is 11.8. The Bertz CT molecular complexity index is 698. The van der Waals surface area contributed by atoms with Crippen molar-refractivity contribution in [1.82, 2.24) is 5.32 Å². The molecule has 0 heterocycles. The molecule has 0 saturated heterocycles. The fraction of sp³-hybridized carbons (Fsp3) is 0.125. The molecule has 2 aromatic carbocycles. The summed E-state index contributed by atoms with van der Waals surface area (Å²) in [6.45, 7) is 0.282. The molecule has 2 rings (SSSR count). The SMILES string of the molecule is COc1cc(Cl)ccc1C(=O)NCc1ccc(C(=O)O)cc1. The van der Waals surface area contributed by atoms with E-state index >= 15 is 0 Å². The molecule has 0 unspecified atom stereocenters. The molecular formula is C16H14ClNO4. The van der Waals surface area contributed by atoms with E-state index in [9.17, 15) is 9.59 Å². The molecule has 0 aromatic heterocycles. The van der Waals surface area contributed by atoms with Gasteiger partial charge in [0, 0.05) is 11.6 Å². The number of carbonyl (C=O) groups excluding carboxylic acids is 1. The van der Waals surface area contributed by atoms with Crippen LogP contribution in [0.3, 0.4) is 0 Å². The maximum atomic E-state index is 12.2. The number of amides is 1. The molecular weight excluding hydrogens is 306 g/mol. The minimum absolute atomic E-state index is 0.203. The summed E-state index contributed by atoms with van der Waals surface area (Å²) >= 11 is 5.85. The summed E-state index contributed by atoms with van der Waals surface area (Å²) in [4.78, 5) is 22.9. The van der Waals surface area contributed by atoms with Crippen LogP contribution < -0.4 is 10.1 Å². The highest BCUT2D eigenvalue weighted by atomic mass is 35.5. The minimum Gasteiger partial charge on any atom is -0.496 e. The van der Waals surface area contributed by atoms with E-state index in [-0.39, 0.29) is 18.0 Å². The molecule has 0 aliphatic heterocycles. The van der Waals surface area contributed by atoms with Crippen molar-refractivity contribution in [1.29, 1.82) is 0 Å². The third kappa shape index (κ3) is 3.77. The molecule has 0 saturated carbocycles. The lowest BCUT2D eigenvalue weighted by atomic mass is 10.1. The second kappa shape index (κ2) is 6.95. The first-order chi connectivity index (χ1) is 10.5. The molecule has 0 atom stereocenters. The summed E-state index contributed by atoms with van der Waals surface area (Å²) in [7, 11) is 1.47. The Balaban J connectivity index is 2.05. The van der Waals surface area contributed by atoms with Crippen LogP contribution in [-0.2, 0) is 6.54 Å². The Kier molecular flexibility index (Phi) is 5.01. The van der Waals surface area contributed by atoms with Crippen molar-refractivity contribution in [3.8, 4) is 5.75 Å². The van der Waals surface area contributed by atoms with E-state index in [1.807, 2.05) is 0 Å². The van der Waals surface area contributed by atoms with Crippen LogP contribution >= 0.6 is 11.6 Å². The van der Waals surface area contributed by atoms with Gasteiger partial charge in [-0.05, 0) is 35.9 Å². The van der Waals surface area contributed by atoms with Crippen LogP contribution in [0.5, 0.6) is 5.75 Å². The van der Waals surface area contributed by atoms with E-state index in [0.717, 1.165) is 5.56 Å². The fourth-order valence-corrected chi connectivity index (χ4v) is 2.06. The largest absolute Gasteiger partial charge is 0.496 e. The van der Waals surface area contributed by atoms with Gasteiger partial charge in [0.15, 0.2) is 0 Å². The number of carboxylic acids is 1. The van der Waals surface area contributed by atoms with Gasteiger partial charge < -0.3 is 15.2 Å². The lowest BCUT2D eigenvalue weighted by molar-refractivity contribution is 0.0696. The van der Waals surface area contributed by atoms with Crippen molar-refractivity contribution < 1.29 is 19.4 Å². The molecule has 0 aliphatic rings. The van der Waals surface area contributed by atoms with Crippen LogP contribution in [0.25, 0.3) is 0 Å². The Morgan fingerprint density at radius 3 is 2.45 bits per heavy atom. The van der Waals surface area contributed by atoms with Crippen LogP contribution in [0, 0.1) is 0 Å². The van der Waals surface area contributed by atoms with Gasteiger partial charge in [-0.25, -0.2) is 4.79 Å². The van der Waals surface area contributed by atoms with Crippen LogP contribution in [-0.4, -0.2) is 24.1 Å². The number of benzene rings is 2. The number of hydrogen-bond acceptors (Lipinski definition) is 3. The molecule has 114 valence electrons. The van der Waals surface area contributed by atoms with Crippen molar-refractivity contribution in [2.24, 2.45) is 0 Å². The van der Waals surface area contributed by atoms with E-state index in [0.29, 0.717) is 16.3 Å². The molecule has 2 N–H and O–H groups in total. The van der Waals surface area contributed by atoms with Gasteiger partial charge in [-0.2, -0.15) is 0 Å². The number of nitrogens with one attached hydrogen (secondary N) is 1. The molecule has 1 amide bonds. The van der Waals surface area contributed by atoms with Crippen LogP contribution in [0.15, 0.2) is 42.5 Å². The zero-order valence-corrected chi connectivity index (χ0v) is 12.6. The van der Waals surface area contributed by atoms with E-state index in [2.05, 4.69) is 5.32 Å². The molecule has 22 heavy (non-hydrogen) atoms. The molecule has 0 spiro atoms. The maximum Gasteiger partial charge on any atom is 0.335 e. The Hall–Kier alpha value is -2.53. The predicted molar refractivity (Wildman–Crippen MR) is 82.6 cm³/mol. The first kappa shape index (κ1) is 15.9.